The van der Waals surface area contributed by atoms with E-state index in [0.717, 1.165) is 35.5 Å². The number of aliphatic hydroxyl groups excluding tert-OH is 1. The highest BCUT2D eigenvalue weighted by atomic mass is 16.5. The lowest BCUT2D eigenvalue weighted by molar-refractivity contribution is 0.0920. The predicted octanol–water partition coefficient (Wildman–Crippen LogP) is 7.06. The Bertz CT molecular complexity index is 907. The number of benzene rings is 2. The van der Waals surface area contributed by atoms with E-state index in [2.05, 4.69) is 34.7 Å². The van der Waals surface area contributed by atoms with Crippen LogP contribution in [0.1, 0.15) is 70.5 Å². The predicted molar refractivity (Wildman–Crippen MR) is 137 cm³/mol. The van der Waals surface area contributed by atoms with Gasteiger partial charge >= 0.3 is 0 Å². The Morgan fingerprint density at radius 3 is 2.27 bits per heavy atom. The van der Waals surface area contributed by atoms with Gasteiger partial charge in [0.1, 0.15) is 24.3 Å². The van der Waals surface area contributed by atoms with Gasteiger partial charge in [0.05, 0.1) is 6.54 Å². The van der Waals surface area contributed by atoms with Gasteiger partial charge in [-0.15, -0.1) is 0 Å². The molecule has 0 bridgehead atoms. The summed E-state index contributed by atoms with van der Waals surface area (Å²) in [5.41, 5.74) is 2.15. The molecular weight excluding hydrogens is 408 g/mol. The Morgan fingerprint density at radius 2 is 1.52 bits per heavy atom. The molecule has 0 aliphatic carbocycles. The Kier molecular flexibility index (Phi) is 11.0. The van der Waals surface area contributed by atoms with Crippen LogP contribution in [0.4, 0.5) is 0 Å². The van der Waals surface area contributed by atoms with Gasteiger partial charge in [-0.1, -0.05) is 107 Å². The first kappa shape index (κ1) is 25.0. The molecule has 3 aromatic rings. The largest absolute Gasteiger partial charge is 0.490 e. The molecule has 1 heterocycles. The van der Waals surface area contributed by atoms with Crippen LogP contribution in [-0.2, 0) is 13.0 Å². The number of aromatic nitrogens is 2. The van der Waals surface area contributed by atoms with Crippen molar-refractivity contribution in [2.24, 2.45) is 0 Å². The van der Waals surface area contributed by atoms with Gasteiger partial charge in [-0.2, -0.15) is 0 Å². The quantitative estimate of drug-likeness (QED) is 0.239. The molecule has 33 heavy (non-hydrogen) atoms. The molecule has 0 amide bonds. The van der Waals surface area contributed by atoms with Crippen molar-refractivity contribution in [1.29, 1.82) is 0 Å². The van der Waals surface area contributed by atoms with E-state index in [-0.39, 0.29) is 6.61 Å². The van der Waals surface area contributed by atoms with Gasteiger partial charge in [-0.25, -0.2) is 4.98 Å². The topological polar surface area (TPSA) is 47.3 Å². The number of aryl methyl sites for hydroxylation is 1. The molecule has 4 nitrogen and oxygen atoms in total. The van der Waals surface area contributed by atoms with Crippen LogP contribution in [0.25, 0.3) is 11.1 Å². The normalized spacial score (nSPS) is 12.1. The lowest BCUT2D eigenvalue weighted by Gasteiger charge is -2.17. The molecule has 1 atom stereocenters. The fraction of sp³-hybridized carbons (Fsp3) is 0.483. The molecule has 0 aliphatic rings. The minimum atomic E-state index is -0.593. The third kappa shape index (κ3) is 8.70. The Labute approximate surface area is 199 Å². The van der Waals surface area contributed by atoms with E-state index >= 15 is 0 Å². The van der Waals surface area contributed by atoms with Gasteiger partial charge in [0.15, 0.2) is 0 Å². The highest BCUT2D eigenvalue weighted by Gasteiger charge is 2.12. The Morgan fingerprint density at radius 1 is 0.848 bits per heavy atom. The SMILES string of the molecule is CCCCCCCCCCCc1nccn1CC(O)COc1ccccc1-c1ccccc1. The fourth-order valence-corrected chi connectivity index (χ4v) is 4.24. The maximum Gasteiger partial charge on any atom is 0.127 e. The van der Waals surface area contributed by atoms with Crippen molar-refractivity contribution in [1.82, 2.24) is 9.55 Å². The molecule has 0 saturated heterocycles. The van der Waals surface area contributed by atoms with E-state index in [9.17, 15) is 5.11 Å². The summed E-state index contributed by atoms with van der Waals surface area (Å²) in [5.74, 6) is 1.85. The zero-order valence-electron chi connectivity index (χ0n) is 20.2. The lowest BCUT2D eigenvalue weighted by Crippen LogP contribution is -2.24. The van der Waals surface area contributed by atoms with Crippen LogP contribution in [0.15, 0.2) is 67.0 Å². The van der Waals surface area contributed by atoms with E-state index in [1.54, 1.807) is 0 Å². The average molecular weight is 449 g/mol. The summed E-state index contributed by atoms with van der Waals surface area (Å²) < 4.78 is 8.09. The number of hydrogen-bond acceptors (Lipinski definition) is 3. The van der Waals surface area contributed by atoms with Gasteiger partial charge in [0, 0.05) is 24.4 Å². The molecule has 1 aromatic heterocycles. The lowest BCUT2D eigenvalue weighted by atomic mass is 10.1. The molecule has 0 saturated carbocycles. The number of para-hydroxylation sites is 1. The number of hydrogen-bond donors (Lipinski definition) is 1. The zero-order chi connectivity index (χ0) is 23.1. The first-order valence-corrected chi connectivity index (χ1v) is 12.7. The van der Waals surface area contributed by atoms with Gasteiger partial charge in [-0.05, 0) is 18.1 Å². The number of imidazole rings is 1. The maximum atomic E-state index is 10.6. The van der Waals surface area contributed by atoms with Crippen molar-refractivity contribution < 1.29 is 9.84 Å². The summed E-state index contributed by atoms with van der Waals surface area (Å²) in [6.45, 7) is 3.01. The molecule has 1 unspecified atom stereocenters. The van der Waals surface area contributed by atoms with Crippen molar-refractivity contribution in [3.05, 3.63) is 72.8 Å². The van der Waals surface area contributed by atoms with Gasteiger partial charge < -0.3 is 14.4 Å². The molecule has 4 heteroatoms. The smallest absolute Gasteiger partial charge is 0.127 e. The number of rotatable bonds is 16. The van der Waals surface area contributed by atoms with Crippen molar-refractivity contribution in [2.75, 3.05) is 6.61 Å². The number of ether oxygens (including phenoxy) is 1. The zero-order valence-corrected chi connectivity index (χ0v) is 20.2. The number of unbranched alkanes of at least 4 members (excludes halogenated alkanes) is 8. The van der Waals surface area contributed by atoms with E-state index in [1.165, 1.54) is 51.4 Å². The van der Waals surface area contributed by atoms with Crippen LogP contribution in [0.2, 0.25) is 0 Å². The van der Waals surface area contributed by atoms with Crippen molar-refractivity contribution >= 4 is 0 Å². The second kappa shape index (κ2) is 14.5. The van der Waals surface area contributed by atoms with Gasteiger partial charge in [0.25, 0.3) is 0 Å². The van der Waals surface area contributed by atoms with Crippen LogP contribution in [0.3, 0.4) is 0 Å². The van der Waals surface area contributed by atoms with Crippen LogP contribution in [0.5, 0.6) is 5.75 Å². The monoisotopic (exact) mass is 448 g/mol. The van der Waals surface area contributed by atoms with E-state index in [1.807, 2.05) is 48.8 Å². The van der Waals surface area contributed by atoms with E-state index < -0.39 is 6.10 Å². The first-order chi connectivity index (χ1) is 16.3. The second-order valence-corrected chi connectivity index (χ2v) is 8.90. The van der Waals surface area contributed by atoms with E-state index in [0.29, 0.717) is 6.54 Å². The highest BCUT2D eigenvalue weighted by Crippen LogP contribution is 2.29. The van der Waals surface area contributed by atoms with E-state index in [4.69, 9.17) is 4.74 Å². The first-order valence-electron chi connectivity index (χ1n) is 12.7. The third-order valence-electron chi connectivity index (χ3n) is 6.12. The van der Waals surface area contributed by atoms with Crippen molar-refractivity contribution in [2.45, 2.75) is 83.8 Å². The summed E-state index contributed by atoms with van der Waals surface area (Å²) in [5, 5.41) is 10.6. The maximum absolute atomic E-state index is 10.6. The highest BCUT2D eigenvalue weighted by molar-refractivity contribution is 5.70. The van der Waals surface area contributed by atoms with Crippen molar-refractivity contribution in [3.63, 3.8) is 0 Å². The molecule has 0 radical (unpaired) electrons. The standard InChI is InChI=1S/C29H40N2O2/c1-2-3-4-5-6-7-8-9-13-20-29-30-21-22-31(29)23-26(32)24-33-28-19-15-14-18-27(28)25-16-11-10-12-17-25/h10-12,14-19,21-22,26,32H,2-9,13,20,23-24H2,1H3. The summed E-state index contributed by atoms with van der Waals surface area (Å²) in [6.07, 6.45) is 16.1. The molecular formula is C29H40N2O2. The van der Waals surface area contributed by atoms with Crippen LogP contribution in [0, 0.1) is 0 Å². The minimum Gasteiger partial charge on any atom is -0.490 e. The molecule has 1 N–H and O–H groups in total. The number of nitrogens with zero attached hydrogens (tertiary/aromatic N) is 2. The Hall–Kier alpha value is -2.59. The van der Waals surface area contributed by atoms with Gasteiger partial charge in [0.2, 0.25) is 0 Å². The Balaban J connectivity index is 1.40. The average Bonchev–Trinajstić information content (AvgIpc) is 3.29. The van der Waals surface area contributed by atoms with Crippen molar-refractivity contribution in [3.8, 4) is 16.9 Å². The second-order valence-electron chi connectivity index (χ2n) is 8.90. The summed E-state index contributed by atoms with van der Waals surface area (Å²) in [6, 6.07) is 18.2. The fourth-order valence-electron chi connectivity index (χ4n) is 4.24. The van der Waals surface area contributed by atoms with Crippen LogP contribution < -0.4 is 4.74 Å². The summed E-state index contributed by atoms with van der Waals surface area (Å²) >= 11 is 0. The molecule has 0 fully saturated rings. The number of aliphatic hydroxyl groups is 1. The minimum absolute atomic E-state index is 0.250. The van der Waals surface area contributed by atoms with Crippen LogP contribution >= 0.6 is 0 Å². The summed E-state index contributed by atoms with van der Waals surface area (Å²) in [4.78, 5) is 4.52. The van der Waals surface area contributed by atoms with Crippen LogP contribution in [-0.4, -0.2) is 27.4 Å². The third-order valence-corrected chi connectivity index (χ3v) is 6.12. The molecule has 0 spiro atoms. The molecule has 0 aliphatic heterocycles. The molecule has 2 aromatic carbocycles. The van der Waals surface area contributed by atoms with Gasteiger partial charge in [-0.3, -0.25) is 0 Å². The molecule has 3 rings (SSSR count). The summed E-state index contributed by atoms with van der Waals surface area (Å²) in [7, 11) is 0. The molecule has 178 valence electrons.